The highest BCUT2D eigenvalue weighted by Gasteiger charge is 2.35. The number of methoxy groups -OCH3 is 1. The first-order chi connectivity index (χ1) is 7.61. The molecule has 96 valence electrons. The van der Waals surface area contributed by atoms with Gasteiger partial charge in [0.25, 0.3) is 0 Å². The minimum absolute atomic E-state index is 0.0445. The number of hydrogen-bond donors (Lipinski definition) is 1. The lowest BCUT2D eigenvalue weighted by atomic mass is 9.77. The maximum atomic E-state index is 5.69. The smallest absolute Gasteiger partial charge is 0.0777 e. The fourth-order valence-electron chi connectivity index (χ4n) is 2.87. The normalized spacial score (nSPS) is 21.0. The molecule has 1 N–H and O–H groups in total. The lowest BCUT2D eigenvalue weighted by Crippen LogP contribution is -2.53. The summed E-state index contributed by atoms with van der Waals surface area (Å²) in [6.07, 6.45) is 8.15. The van der Waals surface area contributed by atoms with Crippen molar-refractivity contribution in [2.45, 2.75) is 70.9 Å². The maximum Gasteiger partial charge on any atom is 0.0777 e. The van der Waals surface area contributed by atoms with E-state index in [1.807, 2.05) is 7.11 Å². The van der Waals surface area contributed by atoms with E-state index in [1.165, 1.54) is 38.5 Å². The first-order valence-electron chi connectivity index (χ1n) is 6.90. The highest BCUT2D eigenvalue weighted by Crippen LogP contribution is 2.32. The van der Waals surface area contributed by atoms with E-state index in [9.17, 15) is 0 Å². The van der Waals surface area contributed by atoms with E-state index < -0.39 is 0 Å². The van der Waals surface area contributed by atoms with Crippen molar-refractivity contribution in [1.29, 1.82) is 0 Å². The van der Waals surface area contributed by atoms with Crippen LogP contribution in [-0.4, -0.2) is 25.3 Å². The van der Waals surface area contributed by atoms with Crippen molar-refractivity contribution in [3.63, 3.8) is 0 Å². The molecule has 2 heteroatoms. The zero-order valence-corrected chi connectivity index (χ0v) is 11.5. The van der Waals surface area contributed by atoms with Crippen LogP contribution < -0.4 is 5.32 Å². The average molecular weight is 227 g/mol. The Hall–Kier alpha value is -0.0800. The molecule has 0 aromatic carbocycles. The van der Waals surface area contributed by atoms with E-state index in [0.717, 1.165) is 12.5 Å². The average Bonchev–Trinajstić information content (AvgIpc) is 2.31. The van der Waals surface area contributed by atoms with Crippen molar-refractivity contribution in [3.8, 4) is 0 Å². The SMILES string of the molecule is CCCNC(C1CCCCC1)C(C)(C)OC. The molecular weight excluding hydrogens is 198 g/mol. The van der Waals surface area contributed by atoms with Crippen molar-refractivity contribution < 1.29 is 4.74 Å². The quantitative estimate of drug-likeness (QED) is 0.751. The maximum absolute atomic E-state index is 5.69. The first-order valence-corrected chi connectivity index (χ1v) is 6.90. The van der Waals surface area contributed by atoms with Crippen molar-refractivity contribution in [1.82, 2.24) is 5.32 Å². The molecule has 0 aromatic heterocycles. The summed E-state index contributed by atoms with van der Waals surface area (Å²) < 4.78 is 5.69. The molecule has 1 saturated carbocycles. The van der Waals surface area contributed by atoms with Gasteiger partial charge in [0.2, 0.25) is 0 Å². The van der Waals surface area contributed by atoms with Gasteiger partial charge in [-0.15, -0.1) is 0 Å². The monoisotopic (exact) mass is 227 g/mol. The van der Waals surface area contributed by atoms with Gasteiger partial charge in [0.1, 0.15) is 0 Å². The molecule has 0 aliphatic heterocycles. The van der Waals surface area contributed by atoms with Gasteiger partial charge in [-0.3, -0.25) is 0 Å². The Labute approximate surface area is 101 Å². The molecule has 1 atom stereocenters. The summed E-state index contributed by atoms with van der Waals surface area (Å²) in [6, 6.07) is 0.512. The largest absolute Gasteiger partial charge is 0.377 e. The van der Waals surface area contributed by atoms with Crippen LogP contribution in [0.1, 0.15) is 59.3 Å². The van der Waals surface area contributed by atoms with Crippen LogP contribution in [0.5, 0.6) is 0 Å². The number of hydrogen-bond acceptors (Lipinski definition) is 2. The Morgan fingerprint density at radius 2 is 1.88 bits per heavy atom. The molecule has 0 amide bonds. The van der Waals surface area contributed by atoms with Crippen LogP contribution in [0.25, 0.3) is 0 Å². The summed E-state index contributed by atoms with van der Waals surface area (Å²) in [6.45, 7) is 7.77. The van der Waals surface area contributed by atoms with Gasteiger partial charge in [0, 0.05) is 13.2 Å². The van der Waals surface area contributed by atoms with Crippen LogP contribution in [0, 0.1) is 5.92 Å². The van der Waals surface area contributed by atoms with Gasteiger partial charge >= 0.3 is 0 Å². The fourth-order valence-corrected chi connectivity index (χ4v) is 2.87. The summed E-state index contributed by atoms with van der Waals surface area (Å²) in [5, 5.41) is 3.71. The van der Waals surface area contributed by atoms with Crippen LogP contribution in [0.2, 0.25) is 0 Å². The van der Waals surface area contributed by atoms with Crippen LogP contribution in [0.4, 0.5) is 0 Å². The molecule has 0 aromatic rings. The van der Waals surface area contributed by atoms with Crippen LogP contribution in [-0.2, 0) is 4.74 Å². The summed E-state index contributed by atoms with van der Waals surface area (Å²) in [4.78, 5) is 0. The molecule has 16 heavy (non-hydrogen) atoms. The topological polar surface area (TPSA) is 21.3 Å². The number of rotatable bonds is 6. The van der Waals surface area contributed by atoms with E-state index in [1.54, 1.807) is 0 Å². The standard InChI is InChI=1S/C14H29NO/c1-5-11-15-13(14(2,3)16-4)12-9-7-6-8-10-12/h12-13,15H,5-11H2,1-4H3. The van der Waals surface area contributed by atoms with Crippen molar-refractivity contribution in [2.75, 3.05) is 13.7 Å². The molecule has 0 heterocycles. The number of ether oxygens (including phenoxy) is 1. The Morgan fingerprint density at radius 3 is 2.38 bits per heavy atom. The second kappa shape index (κ2) is 6.61. The van der Waals surface area contributed by atoms with E-state index >= 15 is 0 Å². The molecule has 2 nitrogen and oxygen atoms in total. The summed E-state index contributed by atoms with van der Waals surface area (Å²) in [5.41, 5.74) is -0.0445. The van der Waals surface area contributed by atoms with Gasteiger partial charge in [-0.05, 0) is 45.6 Å². The highest BCUT2D eigenvalue weighted by atomic mass is 16.5. The zero-order chi connectivity index (χ0) is 12.0. The fraction of sp³-hybridized carbons (Fsp3) is 1.00. The summed E-state index contributed by atoms with van der Waals surface area (Å²) in [7, 11) is 1.84. The summed E-state index contributed by atoms with van der Waals surface area (Å²) in [5.74, 6) is 0.801. The lowest BCUT2D eigenvalue weighted by Gasteiger charge is -2.41. The summed E-state index contributed by atoms with van der Waals surface area (Å²) >= 11 is 0. The Bertz CT molecular complexity index is 185. The van der Waals surface area contributed by atoms with Gasteiger partial charge in [0.05, 0.1) is 5.60 Å². The van der Waals surface area contributed by atoms with Gasteiger partial charge < -0.3 is 10.1 Å². The van der Waals surface area contributed by atoms with E-state index in [2.05, 4.69) is 26.1 Å². The van der Waals surface area contributed by atoms with E-state index in [4.69, 9.17) is 4.74 Å². The molecule has 0 saturated heterocycles. The van der Waals surface area contributed by atoms with E-state index in [0.29, 0.717) is 6.04 Å². The molecule has 0 bridgehead atoms. The minimum atomic E-state index is -0.0445. The number of nitrogens with one attached hydrogen (secondary N) is 1. The van der Waals surface area contributed by atoms with Crippen molar-refractivity contribution in [3.05, 3.63) is 0 Å². The first kappa shape index (κ1) is 14.0. The third kappa shape index (κ3) is 3.74. The highest BCUT2D eigenvalue weighted by molar-refractivity contribution is 4.91. The third-order valence-corrected chi connectivity index (χ3v) is 4.01. The van der Waals surface area contributed by atoms with Crippen LogP contribution in [0.15, 0.2) is 0 Å². The second-order valence-corrected chi connectivity index (χ2v) is 5.64. The minimum Gasteiger partial charge on any atom is -0.377 e. The third-order valence-electron chi connectivity index (χ3n) is 4.01. The molecule has 1 fully saturated rings. The molecule has 1 aliphatic carbocycles. The van der Waals surface area contributed by atoms with Gasteiger partial charge in [0.15, 0.2) is 0 Å². The Balaban J connectivity index is 2.61. The predicted molar refractivity (Wildman–Crippen MR) is 69.7 cm³/mol. The molecular formula is C14H29NO. The van der Waals surface area contributed by atoms with Gasteiger partial charge in [-0.1, -0.05) is 26.2 Å². The second-order valence-electron chi connectivity index (χ2n) is 5.64. The van der Waals surface area contributed by atoms with Crippen molar-refractivity contribution in [2.24, 2.45) is 5.92 Å². The molecule has 1 aliphatic rings. The van der Waals surface area contributed by atoms with Crippen LogP contribution >= 0.6 is 0 Å². The van der Waals surface area contributed by atoms with Gasteiger partial charge in [-0.2, -0.15) is 0 Å². The Morgan fingerprint density at radius 1 is 1.25 bits per heavy atom. The Kier molecular flexibility index (Phi) is 5.77. The predicted octanol–water partition coefficient (Wildman–Crippen LogP) is 3.36. The van der Waals surface area contributed by atoms with E-state index in [-0.39, 0.29) is 5.60 Å². The molecule has 1 rings (SSSR count). The lowest BCUT2D eigenvalue weighted by molar-refractivity contribution is -0.0328. The van der Waals surface area contributed by atoms with Gasteiger partial charge in [-0.25, -0.2) is 0 Å². The molecule has 0 radical (unpaired) electrons. The van der Waals surface area contributed by atoms with Crippen LogP contribution in [0.3, 0.4) is 0 Å². The molecule has 0 spiro atoms. The van der Waals surface area contributed by atoms with Crippen molar-refractivity contribution >= 4 is 0 Å². The molecule has 1 unspecified atom stereocenters. The zero-order valence-electron chi connectivity index (χ0n) is 11.5.